The van der Waals surface area contributed by atoms with Gasteiger partial charge in [0.05, 0.1) is 13.0 Å². The summed E-state index contributed by atoms with van der Waals surface area (Å²) in [6.45, 7) is 8.16. The van der Waals surface area contributed by atoms with Crippen LogP contribution in [-0.4, -0.2) is 42.2 Å². The van der Waals surface area contributed by atoms with E-state index >= 15 is 0 Å². The number of cyclic esters (lactones) is 1. The Morgan fingerprint density at radius 1 is 0.872 bits per heavy atom. The number of hydrogen-bond acceptors (Lipinski definition) is 7. The number of carbonyl (C=O) groups is 4. The molecule has 0 N–H and O–H groups in total. The number of benzene rings is 2. The number of ether oxygens (including phenoxy) is 3. The molecule has 3 rings (SSSR count). The molecule has 1 aliphatic heterocycles. The first-order chi connectivity index (χ1) is 22.7. The molecule has 2 aromatic rings. The van der Waals surface area contributed by atoms with Crippen LogP contribution >= 0.6 is 0 Å². The first kappa shape index (κ1) is 39.2. The normalized spacial score (nSPS) is 15.0. The smallest absolute Gasteiger partial charge is 0.325 e. The molecule has 0 spiro atoms. The van der Waals surface area contributed by atoms with Gasteiger partial charge in [0.25, 0.3) is 0 Å². The monoisotopic (exact) mass is 649 g/mol. The van der Waals surface area contributed by atoms with E-state index in [4.69, 9.17) is 9.47 Å². The van der Waals surface area contributed by atoms with Gasteiger partial charge in [-0.15, -0.1) is 0 Å². The molecule has 1 amide bonds. The van der Waals surface area contributed by atoms with E-state index in [9.17, 15) is 19.2 Å². The maximum atomic E-state index is 13.9. The molecule has 0 aromatic heterocycles. The van der Waals surface area contributed by atoms with Gasteiger partial charge in [-0.3, -0.25) is 19.2 Å². The number of esters is 2. The SMILES string of the molecule is C/C=C1\OC(=O)C1C.CCCCCCCC(=O)C(CCCCCC)C(=O)N(CC(=O)OCc1ccccc1)Cc1ccc(OC)cc1. The third-order valence-corrected chi connectivity index (χ3v) is 8.25. The van der Waals surface area contributed by atoms with Crippen molar-refractivity contribution in [2.75, 3.05) is 13.7 Å². The predicted molar refractivity (Wildman–Crippen MR) is 184 cm³/mol. The van der Waals surface area contributed by atoms with Gasteiger partial charge in [0.2, 0.25) is 5.91 Å². The second kappa shape index (κ2) is 22.6. The van der Waals surface area contributed by atoms with Crippen LogP contribution in [0.2, 0.25) is 0 Å². The van der Waals surface area contributed by atoms with Crippen LogP contribution in [0.4, 0.5) is 0 Å². The number of ketones is 1. The molecule has 47 heavy (non-hydrogen) atoms. The van der Waals surface area contributed by atoms with Crippen molar-refractivity contribution in [2.24, 2.45) is 11.8 Å². The molecule has 258 valence electrons. The average Bonchev–Trinajstić information content (AvgIpc) is 3.09. The largest absolute Gasteiger partial charge is 0.497 e. The van der Waals surface area contributed by atoms with Crippen molar-refractivity contribution in [1.82, 2.24) is 4.90 Å². The fourth-order valence-corrected chi connectivity index (χ4v) is 5.26. The van der Waals surface area contributed by atoms with Crippen molar-refractivity contribution in [2.45, 2.75) is 111 Å². The fourth-order valence-electron chi connectivity index (χ4n) is 5.26. The minimum Gasteiger partial charge on any atom is -0.497 e. The molecule has 2 atom stereocenters. The Morgan fingerprint density at radius 2 is 1.51 bits per heavy atom. The molecule has 2 aromatic carbocycles. The number of nitrogens with zero attached hydrogens (tertiary/aromatic N) is 1. The van der Waals surface area contributed by atoms with Gasteiger partial charge in [0, 0.05) is 13.0 Å². The first-order valence-corrected chi connectivity index (χ1v) is 17.3. The van der Waals surface area contributed by atoms with Crippen molar-refractivity contribution < 1.29 is 33.4 Å². The Bertz CT molecular complexity index is 1260. The second-order valence-corrected chi connectivity index (χ2v) is 12.1. The lowest BCUT2D eigenvalue weighted by molar-refractivity contribution is -0.156. The van der Waals surface area contributed by atoms with E-state index in [2.05, 4.69) is 18.6 Å². The van der Waals surface area contributed by atoms with Crippen LogP contribution in [0.25, 0.3) is 0 Å². The van der Waals surface area contributed by atoms with Crippen molar-refractivity contribution in [3.8, 4) is 5.75 Å². The van der Waals surface area contributed by atoms with Gasteiger partial charge < -0.3 is 19.1 Å². The molecule has 0 saturated carbocycles. The molecule has 0 bridgehead atoms. The van der Waals surface area contributed by atoms with E-state index in [1.807, 2.05) is 74.5 Å². The summed E-state index contributed by atoms with van der Waals surface area (Å²) in [5.74, 6) is -0.0902. The molecule has 1 aliphatic rings. The summed E-state index contributed by atoms with van der Waals surface area (Å²) in [6, 6.07) is 16.9. The highest BCUT2D eigenvalue weighted by atomic mass is 16.6. The number of hydrogen-bond donors (Lipinski definition) is 0. The molecule has 1 saturated heterocycles. The number of unbranched alkanes of at least 4 members (excludes halogenated alkanes) is 7. The standard InChI is InChI=1S/C33H47NO5.C6H8O2/c1-4-6-8-10-15-19-31(35)30(18-14-9-7-5-2)33(37)34(24-27-20-22-29(38-3)23-21-27)25-32(36)39-26-28-16-12-11-13-17-28;1-3-5-4(2)6(7)8-5/h11-13,16-17,20-23,30H,4-10,14-15,18-19,24-26H2,1-3H3;3-4H,1-2H3/b;5-3-. The highest BCUT2D eigenvalue weighted by molar-refractivity contribution is 6.02. The molecule has 0 radical (unpaired) electrons. The van der Waals surface area contributed by atoms with Crippen molar-refractivity contribution >= 4 is 23.6 Å². The number of Topliss-reactive ketones (excluding diaryl/α,β-unsaturated/α-hetero) is 1. The van der Waals surface area contributed by atoms with Crippen LogP contribution in [0.3, 0.4) is 0 Å². The molecule has 8 nitrogen and oxygen atoms in total. The Hall–Kier alpha value is -3.94. The average molecular weight is 650 g/mol. The van der Waals surface area contributed by atoms with Gasteiger partial charge in [0.15, 0.2) is 0 Å². The highest BCUT2D eigenvalue weighted by Crippen LogP contribution is 2.25. The van der Waals surface area contributed by atoms with Crippen LogP contribution in [0.15, 0.2) is 66.4 Å². The molecular weight excluding hydrogens is 594 g/mol. The van der Waals surface area contributed by atoms with E-state index in [1.165, 1.54) is 4.90 Å². The summed E-state index contributed by atoms with van der Waals surface area (Å²) in [5, 5.41) is 0. The van der Waals surface area contributed by atoms with Gasteiger partial charge in [0.1, 0.15) is 36.4 Å². The zero-order valence-electron chi connectivity index (χ0n) is 29.1. The van der Waals surface area contributed by atoms with Crippen LogP contribution in [0.1, 0.15) is 109 Å². The van der Waals surface area contributed by atoms with Gasteiger partial charge in [-0.1, -0.05) is 108 Å². The summed E-state index contributed by atoms with van der Waals surface area (Å²) in [6.07, 6.45) is 11.9. The maximum absolute atomic E-state index is 13.9. The van der Waals surface area contributed by atoms with E-state index in [1.54, 1.807) is 7.11 Å². The number of allylic oxidation sites excluding steroid dienone is 1. The maximum Gasteiger partial charge on any atom is 0.325 e. The quantitative estimate of drug-likeness (QED) is 0.0807. The highest BCUT2D eigenvalue weighted by Gasteiger charge is 2.32. The lowest BCUT2D eigenvalue weighted by Crippen LogP contribution is -2.42. The zero-order chi connectivity index (χ0) is 34.4. The molecule has 8 heteroatoms. The molecule has 0 aliphatic carbocycles. The Labute approximate surface area is 281 Å². The van der Waals surface area contributed by atoms with Crippen LogP contribution in [-0.2, 0) is 41.8 Å². The van der Waals surface area contributed by atoms with Crippen LogP contribution in [0, 0.1) is 11.8 Å². The third kappa shape index (κ3) is 14.6. The minimum absolute atomic E-state index is 0.00891. The van der Waals surface area contributed by atoms with Crippen molar-refractivity contribution in [3.63, 3.8) is 0 Å². The Morgan fingerprint density at radius 3 is 2.06 bits per heavy atom. The summed E-state index contributed by atoms with van der Waals surface area (Å²) in [7, 11) is 1.60. The summed E-state index contributed by atoms with van der Waals surface area (Å²) in [4.78, 5) is 51.9. The molecule has 1 heterocycles. The first-order valence-electron chi connectivity index (χ1n) is 17.3. The lowest BCUT2D eigenvalue weighted by Gasteiger charge is -2.26. The summed E-state index contributed by atoms with van der Waals surface area (Å²) >= 11 is 0. The number of methoxy groups -OCH3 is 1. The molecule has 1 fully saturated rings. The van der Waals surface area contributed by atoms with E-state index in [0.29, 0.717) is 18.6 Å². The third-order valence-electron chi connectivity index (χ3n) is 8.25. The van der Waals surface area contributed by atoms with Gasteiger partial charge in [-0.25, -0.2) is 0 Å². The van der Waals surface area contributed by atoms with Crippen LogP contribution < -0.4 is 4.74 Å². The minimum atomic E-state index is -0.729. The van der Waals surface area contributed by atoms with E-state index in [0.717, 1.165) is 74.7 Å². The zero-order valence-corrected chi connectivity index (χ0v) is 29.1. The van der Waals surface area contributed by atoms with Gasteiger partial charge >= 0.3 is 11.9 Å². The fraction of sp³-hybridized carbons (Fsp3) is 0.538. The van der Waals surface area contributed by atoms with Crippen molar-refractivity contribution in [1.29, 1.82) is 0 Å². The summed E-state index contributed by atoms with van der Waals surface area (Å²) in [5.41, 5.74) is 1.74. The van der Waals surface area contributed by atoms with Gasteiger partial charge in [-0.05, 0) is 56.0 Å². The summed E-state index contributed by atoms with van der Waals surface area (Å²) < 4.78 is 15.4. The molecular formula is C39H55NO7. The lowest BCUT2D eigenvalue weighted by atomic mass is 9.91. The second-order valence-electron chi connectivity index (χ2n) is 12.1. The predicted octanol–water partition coefficient (Wildman–Crippen LogP) is 8.37. The van der Waals surface area contributed by atoms with E-state index in [-0.39, 0.29) is 43.3 Å². The topological polar surface area (TPSA) is 99.2 Å². The Kier molecular flexibility index (Phi) is 18.8. The Balaban J connectivity index is 0.000000833. The number of amides is 1. The molecule has 2 unspecified atom stereocenters. The van der Waals surface area contributed by atoms with Gasteiger partial charge in [-0.2, -0.15) is 0 Å². The van der Waals surface area contributed by atoms with Crippen molar-refractivity contribution in [3.05, 3.63) is 77.6 Å². The number of carbonyl (C=O) groups excluding carboxylic acids is 4. The van der Waals surface area contributed by atoms with E-state index < -0.39 is 11.9 Å². The number of rotatable bonds is 20. The van der Waals surface area contributed by atoms with Crippen LogP contribution in [0.5, 0.6) is 5.75 Å².